The minimum absolute atomic E-state index is 0.149. The Kier molecular flexibility index (Phi) is 2.35. The number of carbonyl (C=O) groups is 1. The molecule has 0 aromatic carbocycles. The van der Waals surface area contributed by atoms with Gasteiger partial charge in [-0.2, -0.15) is 5.10 Å². The average molecular weight is 244 g/mol. The molecule has 2 heterocycles. The van der Waals surface area contributed by atoms with E-state index in [2.05, 4.69) is 26.3 Å². The SMILES string of the molecule is O=C1CCC(Cn2ccc(Br)n2)N1. The number of aromatic nitrogens is 2. The van der Waals surface area contributed by atoms with Crippen molar-refractivity contribution >= 4 is 21.8 Å². The summed E-state index contributed by atoms with van der Waals surface area (Å²) in [7, 11) is 0. The molecule has 0 spiro atoms. The predicted octanol–water partition coefficient (Wildman–Crippen LogP) is 0.924. The van der Waals surface area contributed by atoms with Crippen molar-refractivity contribution in [3.8, 4) is 0 Å². The first-order chi connectivity index (χ1) is 6.24. The predicted molar refractivity (Wildman–Crippen MR) is 51.1 cm³/mol. The lowest BCUT2D eigenvalue weighted by Gasteiger charge is -2.08. The molecule has 70 valence electrons. The van der Waals surface area contributed by atoms with Gasteiger partial charge < -0.3 is 5.32 Å². The highest BCUT2D eigenvalue weighted by Crippen LogP contribution is 2.10. The summed E-state index contributed by atoms with van der Waals surface area (Å²) in [5, 5.41) is 7.08. The van der Waals surface area contributed by atoms with Gasteiger partial charge in [0.2, 0.25) is 5.91 Å². The van der Waals surface area contributed by atoms with Gasteiger partial charge in [-0.1, -0.05) is 0 Å². The zero-order valence-corrected chi connectivity index (χ0v) is 8.62. The van der Waals surface area contributed by atoms with E-state index in [1.54, 1.807) is 0 Å². The fraction of sp³-hybridized carbons (Fsp3) is 0.500. The van der Waals surface area contributed by atoms with Gasteiger partial charge in [-0.05, 0) is 28.4 Å². The number of hydrogen-bond donors (Lipinski definition) is 1. The van der Waals surface area contributed by atoms with Gasteiger partial charge in [0.25, 0.3) is 0 Å². The van der Waals surface area contributed by atoms with E-state index in [9.17, 15) is 4.79 Å². The van der Waals surface area contributed by atoms with Gasteiger partial charge in [-0.15, -0.1) is 0 Å². The lowest BCUT2D eigenvalue weighted by atomic mass is 10.2. The minimum atomic E-state index is 0.149. The molecule has 1 aromatic rings. The van der Waals surface area contributed by atoms with E-state index < -0.39 is 0 Å². The molecule has 1 amide bonds. The number of carbonyl (C=O) groups excluding carboxylic acids is 1. The van der Waals surface area contributed by atoms with Gasteiger partial charge in [-0.25, -0.2) is 0 Å². The molecule has 1 aliphatic rings. The Labute approximate surface area is 84.4 Å². The maximum Gasteiger partial charge on any atom is 0.220 e. The first-order valence-electron chi connectivity index (χ1n) is 4.22. The van der Waals surface area contributed by atoms with Gasteiger partial charge >= 0.3 is 0 Å². The maximum atomic E-state index is 10.9. The lowest BCUT2D eigenvalue weighted by Crippen LogP contribution is -2.29. The van der Waals surface area contributed by atoms with E-state index in [-0.39, 0.29) is 11.9 Å². The van der Waals surface area contributed by atoms with E-state index in [1.165, 1.54) is 0 Å². The molecule has 1 saturated heterocycles. The summed E-state index contributed by atoms with van der Waals surface area (Å²) >= 11 is 3.27. The van der Waals surface area contributed by atoms with E-state index in [1.807, 2.05) is 16.9 Å². The van der Waals surface area contributed by atoms with Crippen molar-refractivity contribution in [1.29, 1.82) is 0 Å². The molecule has 1 unspecified atom stereocenters. The zero-order chi connectivity index (χ0) is 9.26. The van der Waals surface area contributed by atoms with E-state index in [4.69, 9.17) is 0 Å². The molecule has 1 aromatic heterocycles. The Bertz CT molecular complexity index is 323. The fourth-order valence-electron chi connectivity index (χ4n) is 1.48. The molecule has 13 heavy (non-hydrogen) atoms. The van der Waals surface area contributed by atoms with Crippen LogP contribution in [-0.4, -0.2) is 21.7 Å². The molecule has 1 fully saturated rings. The minimum Gasteiger partial charge on any atom is -0.351 e. The lowest BCUT2D eigenvalue weighted by molar-refractivity contribution is -0.119. The summed E-state index contributed by atoms with van der Waals surface area (Å²) in [6.07, 6.45) is 3.46. The van der Waals surface area contributed by atoms with Crippen molar-refractivity contribution in [2.75, 3.05) is 0 Å². The van der Waals surface area contributed by atoms with Crippen LogP contribution in [0, 0.1) is 0 Å². The number of nitrogens with zero attached hydrogens (tertiary/aromatic N) is 2. The van der Waals surface area contributed by atoms with E-state index in [0.717, 1.165) is 17.6 Å². The van der Waals surface area contributed by atoms with Crippen LogP contribution in [0.3, 0.4) is 0 Å². The summed E-state index contributed by atoms with van der Waals surface area (Å²) in [4.78, 5) is 10.9. The Balaban J connectivity index is 1.95. The van der Waals surface area contributed by atoms with E-state index in [0.29, 0.717) is 6.42 Å². The number of halogens is 1. The summed E-state index contributed by atoms with van der Waals surface area (Å²) in [5.41, 5.74) is 0. The third kappa shape index (κ3) is 2.09. The first kappa shape index (κ1) is 8.74. The third-order valence-corrected chi connectivity index (χ3v) is 2.52. The number of nitrogens with one attached hydrogen (secondary N) is 1. The van der Waals surface area contributed by atoms with Gasteiger partial charge in [0.1, 0.15) is 4.60 Å². The smallest absolute Gasteiger partial charge is 0.220 e. The largest absolute Gasteiger partial charge is 0.351 e. The van der Waals surface area contributed by atoms with Crippen LogP contribution in [-0.2, 0) is 11.3 Å². The molecule has 4 nitrogen and oxygen atoms in total. The molecule has 0 aliphatic carbocycles. The summed E-state index contributed by atoms with van der Waals surface area (Å²) in [5.74, 6) is 0.149. The summed E-state index contributed by atoms with van der Waals surface area (Å²) < 4.78 is 2.66. The topological polar surface area (TPSA) is 46.9 Å². The Morgan fingerprint density at radius 2 is 2.62 bits per heavy atom. The number of amides is 1. The van der Waals surface area contributed by atoms with Crippen LogP contribution >= 0.6 is 15.9 Å². The van der Waals surface area contributed by atoms with Crippen molar-refractivity contribution < 1.29 is 4.79 Å². The second-order valence-electron chi connectivity index (χ2n) is 3.16. The monoisotopic (exact) mass is 243 g/mol. The molecule has 0 saturated carbocycles. The fourth-order valence-corrected chi connectivity index (χ4v) is 1.80. The van der Waals surface area contributed by atoms with Gasteiger partial charge in [0.15, 0.2) is 0 Å². The van der Waals surface area contributed by atoms with Crippen LogP contribution in [0.5, 0.6) is 0 Å². The maximum absolute atomic E-state index is 10.9. The van der Waals surface area contributed by atoms with Crippen molar-refractivity contribution in [1.82, 2.24) is 15.1 Å². The highest BCUT2D eigenvalue weighted by molar-refractivity contribution is 9.10. The molecule has 0 radical (unpaired) electrons. The number of hydrogen-bond acceptors (Lipinski definition) is 2. The van der Waals surface area contributed by atoms with Crippen LogP contribution in [0.1, 0.15) is 12.8 Å². The van der Waals surface area contributed by atoms with Crippen molar-refractivity contribution in [3.05, 3.63) is 16.9 Å². The molecule has 1 aliphatic heterocycles. The normalized spacial score (nSPS) is 21.9. The van der Waals surface area contributed by atoms with E-state index >= 15 is 0 Å². The van der Waals surface area contributed by atoms with Gasteiger partial charge in [0.05, 0.1) is 6.54 Å². The molecule has 1 atom stereocenters. The average Bonchev–Trinajstić information content (AvgIpc) is 2.62. The standard InChI is InChI=1S/C8H10BrN3O/c9-7-3-4-12(11-7)5-6-1-2-8(13)10-6/h3-4,6H,1-2,5H2,(H,10,13). The van der Waals surface area contributed by atoms with Crippen molar-refractivity contribution in [2.45, 2.75) is 25.4 Å². The van der Waals surface area contributed by atoms with Crippen LogP contribution in [0.25, 0.3) is 0 Å². The zero-order valence-electron chi connectivity index (χ0n) is 7.03. The molecular formula is C8H10BrN3O. The first-order valence-corrected chi connectivity index (χ1v) is 5.01. The molecule has 2 rings (SSSR count). The molecular weight excluding hydrogens is 234 g/mol. The van der Waals surface area contributed by atoms with Crippen LogP contribution in [0.15, 0.2) is 16.9 Å². The van der Waals surface area contributed by atoms with Crippen LogP contribution < -0.4 is 5.32 Å². The second-order valence-corrected chi connectivity index (χ2v) is 3.98. The third-order valence-electron chi connectivity index (χ3n) is 2.10. The van der Waals surface area contributed by atoms with Crippen LogP contribution in [0.2, 0.25) is 0 Å². The number of rotatable bonds is 2. The summed E-state index contributed by atoms with van der Waals surface area (Å²) in [6, 6.07) is 2.14. The Morgan fingerprint density at radius 3 is 3.15 bits per heavy atom. The quantitative estimate of drug-likeness (QED) is 0.840. The van der Waals surface area contributed by atoms with Crippen LogP contribution in [0.4, 0.5) is 0 Å². The molecule has 0 bridgehead atoms. The molecule has 5 heteroatoms. The Morgan fingerprint density at radius 1 is 1.77 bits per heavy atom. The second kappa shape index (κ2) is 3.49. The Hall–Kier alpha value is -0.840. The van der Waals surface area contributed by atoms with Gasteiger partial charge in [-0.3, -0.25) is 9.48 Å². The van der Waals surface area contributed by atoms with Crippen molar-refractivity contribution in [3.63, 3.8) is 0 Å². The molecule has 1 N–H and O–H groups in total. The highest BCUT2D eigenvalue weighted by Gasteiger charge is 2.20. The highest BCUT2D eigenvalue weighted by atomic mass is 79.9. The van der Waals surface area contributed by atoms with Gasteiger partial charge in [0, 0.05) is 18.7 Å². The summed E-state index contributed by atoms with van der Waals surface area (Å²) in [6.45, 7) is 0.761. The van der Waals surface area contributed by atoms with Crippen molar-refractivity contribution in [2.24, 2.45) is 0 Å².